The Kier molecular flexibility index (Phi) is 3.70. The zero-order valence-electron chi connectivity index (χ0n) is 11.3. The maximum Gasteiger partial charge on any atom is 0.127 e. The van der Waals surface area contributed by atoms with E-state index in [0.29, 0.717) is 22.5 Å². The highest BCUT2D eigenvalue weighted by Crippen LogP contribution is 2.35. The van der Waals surface area contributed by atoms with Gasteiger partial charge in [0, 0.05) is 16.1 Å². The summed E-state index contributed by atoms with van der Waals surface area (Å²) in [6.07, 6.45) is -0.913. The highest BCUT2D eigenvalue weighted by atomic mass is 35.5. The molecule has 0 spiro atoms. The number of halogens is 2. The molecular formula is C15H16ClFO2. The molecule has 4 heteroatoms. The molecule has 0 aliphatic carbocycles. The molecule has 0 aliphatic rings. The van der Waals surface area contributed by atoms with Crippen LogP contribution in [0.1, 0.15) is 39.9 Å². The third-order valence-electron chi connectivity index (χ3n) is 3.46. The molecule has 0 saturated carbocycles. The molecule has 1 aromatic carbocycles. The molecule has 1 atom stereocenters. The molecule has 0 bridgehead atoms. The third kappa shape index (κ3) is 2.40. The second-order valence-corrected chi connectivity index (χ2v) is 5.19. The van der Waals surface area contributed by atoms with E-state index in [1.165, 1.54) is 6.07 Å². The first-order valence-corrected chi connectivity index (χ1v) is 6.40. The molecule has 1 heterocycles. The number of aliphatic hydroxyl groups excluding tert-OH is 1. The predicted molar refractivity (Wildman–Crippen MR) is 73.1 cm³/mol. The van der Waals surface area contributed by atoms with Gasteiger partial charge in [-0.15, -0.1) is 0 Å². The second-order valence-electron chi connectivity index (χ2n) is 4.78. The van der Waals surface area contributed by atoms with Crippen LogP contribution in [0.3, 0.4) is 0 Å². The fourth-order valence-corrected chi connectivity index (χ4v) is 2.51. The van der Waals surface area contributed by atoms with E-state index in [0.717, 1.165) is 11.3 Å². The Morgan fingerprint density at radius 3 is 2.32 bits per heavy atom. The molecule has 0 fully saturated rings. The fraction of sp³-hybridized carbons (Fsp3) is 0.333. The molecule has 0 amide bonds. The number of hydrogen-bond donors (Lipinski definition) is 1. The van der Waals surface area contributed by atoms with E-state index in [-0.39, 0.29) is 10.8 Å². The molecule has 2 nitrogen and oxygen atoms in total. The van der Waals surface area contributed by atoms with E-state index in [2.05, 4.69) is 0 Å². The molecule has 2 rings (SSSR count). The van der Waals surface area contributed by atoms with Gasteiger partial charge in [0.25, 0.3) is 0 Å². The Labute approximate surface area is 116 Å². The third-order valence-corrected chi connectivity index (χ3v) is 3.79. The van der Waals surface area contributed by atoms with Crippen LogP contribution in [0.25, 0.3) is 0 Å². The highest BCUT2D eigenvalue weighted by Gasteiger charge is 2.23. The first kappa shape index (κ1) is 14.1. The van der Waals surface area contributed by atoms with Crippen LogP contribution in [0.5, 0.6) is 0 Å². The average molecular weight is 283 g/mol. The lowest BCUT2D eigenvalue weighted by Gasteiger charge is -2.14. The monoisotopic (exact) mass is 282 g/mol. The molecule has 0 aliphatic heterocycles. The zero-order valence-corrected chi connectivity index (χ0v) is 12.1. The van der Waals surface area contributed by atoms with Crippen molar-refractivity contribution < 1.29 is 13.9 Å². The molecule has 1 N–H and O–H groups in total. The van der Waals surface area contributed by atoms with E-state index >= 15 is 0 Å². The fourth-order valence-electron chi connectivity index (χ4n) is 2.26. The van der Waals surface area contributed by atoms with E-state index in [4.69, 9.17) is 16.0 Å². The molecule has 0 radical (unpaired) electrons. The van der Waals surface area contributed by atoms with Crippen LogP contribution >= 0.6 is 11.6 Å². The maximum atomic E-state index is 13.4. The van der Waals surface area contributed by atoms with Crippen molar-refractivity contribution in [3.8, 4) is 0 Å². The Morgan fingerprint density at radius 2 is 1.79 bits per heavy atom. The van der Waals surface area contributed by atoms with Crippen LogP contribution in [-0.4, -0.2) is 5.11 Å². The summed E-state index contributed by atoms with van der Waals surface area (Å²) < 4.78 is 18.9. The molecule has 1 unspecified atom stereocenters. The van der Waals surface area contributed by atoms with Crippen LogP contribution in [0.15, 0.2) is 16.5 Å². The number of aliphatic hydroxyl groups is 1. The standard InChI is InChI=1S/C15H16ClFO2/c1-7-5-11(12(16)6-13(7)17)15(18)14-8(2)9(3)19-10(14)4/h5-6,15,18H,1-4H3. The molecule has 102 valence electrons. The Morgan fingerprint density at radius 1 is 1.16 bits per heavy atom. The van der Waals surface area contributed by atoms with Crippen LogP contribution in [-0.2, 0) is 0 Å². The van der Waals surface area contributed by atoms with Gasteiger partial charge in [0.15, 0.2) is 0 Å². The molecular weight excluding hydrogens is 267 g/mol. The van der Waals surface area contributed by atoms with Gasteiger partial charge in [0.1, 0.15) is 23.4 Å². The normalized spacial score (nSPS) is 12.8. The van der Waals surface area contributed by atoms with Crippen molar-refractivity contribution in [1.82, 2.24) is 0 Å². The number of aryl methyl sites for hydroxylation is 3. The lowest BCUT2D eigenvalue weighted by Crippen LogP contribution is -2.04. The Hall–Kier alpha value is -1.32. The maximum absolute atomic E-state index is 13.4. The molecule has 0 saturated heterocycles. The van der Waals surface area contributed by atoms with Crippen LogP contribution < -0.4 is 0 Å². The zero-order chi connectivity index (χ0) is 14.3. The average Bonchev–Trinajstić information content (AvgIpc) is 2.57. The Balaban J connectivity index is 2.56. The van der Waals surface area contributed by atoms with Gasteiger partial charge >= 0.3 is 0 Å². The number of furan rings is 1. The van der Waals surface area contributed by atoms with E-state index in [9.17, 15) is 9.50 Å². The van der Waals surface area contributed by atoms with Gasteiger partial charge in [-0.3, -0.25) is 0 Å². The molecule has 19 heavy (non-hydrogen) atoms. The van der Waals surface area contributed by atoms with Crippen molar-refractivity contribution in [1.29, 1.82) is 0 Å². The van der Waals surface area contributed by atoms with Gasteiger partial charge in [-0.2, -0.15) is 0 Å². The summed E-state index contributed by atoms with van der Waals surface area (Å²) in [6.45, 7) is 7.16. The minimum absolute atomic E-state index is 0.216. The van der Waals surface area contributed by atoms with E-state index in [1.807, 2.05) is 13.8 Å². The highest BCUT2D eigenvalue weighted by molar-refractivity contribution is 6.31. The summed E-state index contributed by atoms with van der Waals surface area (Å²) in [6, 6.07) is 2.80. The van der Waals surface area contributed by atoms with Gasteiger partial charge < -0.3 is 9.52 Å². The minimum atomic E-state index is -0.913. The summed E-state index contributed by atoms with van der Waals surface area (Å²) in [5.41, 5.74) is 2.54. The first-order chi connectivity index (χ1) is 8.82. The van der Waals surface area contributed by atoms with E-state index < -0.39 is 6.10 Å². The number of benzene rings is 1. The predicted octanol–water partition coefficient (Wildman–Crippen LogP) is 4.39. The first-order valence-electron chi connectivity index (χ1n) is 6.03. The van der Waals surface area contributed by atoms with Gasteiger partial charge in [-0.25, -0.2) is 4.39 Å². The van der Waals surface area contributed by atoms with Crippen LogP contribution in [0.4, 0.5) is 4.39 Å². The number of hydrogen-bond acceptors (Lipinski definition) is 2. The minimum Gasteiger partial charge on any atom is -0.466 e. The van der Waals surface area contributed by atoms with Gasteiger partial charge in [0.05, 0.1) is 0 Å². The Bertz CT molecular complexity index is 632. The van der Waals surface area contributed by atoms with Crippen LogP contribution in [0.2, 0.25) is 5.02 Å². The quantitative estimate of drug-likeness (QED) is 0.886. The second kappa shape index (κ2) is 4.99. The van der Waals surface area contributed by atoms with Crippen molar-refractivity contribution in [2.45, 2.75) is 33.8 Å². The van der Waals surface area contributed by atoms with Crippen molar-refractivity contribution in [3.63, 3.8) is 0 Å². The van der Waals surface area contributed by atoms with Crippen molar-refractivity contribution in [2.24, 2.45) is 0 Å². The topological polar surface area (TPSA) is 33.4 Å². The lowest BCUT2D eigenvalue weighted by atomic mass is 9.96. The SMILES string of the molecule is Cc1cc(C(O)c2c(C)oc(C)c2C)c(Cl)cc1F. The van der Waals surface area contributed by atoms with Crippen LogP contribution in [0, 0.1) is 33.5 Å². The van der Waals surface area contributed by atoms with Gasteiger partial charge in [-0.1, -0.05) is 11.6 Å². The van der Waals surface area contributed by atoms with Crippen molar-refractivity contribution in [3.05, 3.63) is 56.7 Å². The summed E-state index contributed by atoms with van der Waals surface area (Å²) >= 11 is 6.03. The summed E-state index contributed by atoms with van der Waals surface area (Å²) in [4.78, 5) is 0. The molecule has 1 aromatic heterocycles. The smallest absolute Gasteiger partial charge is 0.127 e. The van der Waals surface area contributed by atoms with Crippen molar-refractivity contribution >= 4 is 11.6 Å². The summed E-state index contributed by atoms with van der Waals surface area (Å²) in [5, 5.41) is 10.7. The van der Waals surface area contributed by atoms with Gasteiger partial charge in [-0.05, 0) is 51.0 Å². The largest absolute Gasteiger partial charge is 0.466 e. The van der Waals surface area contributed by atoms with Gasteiger partial charge in [0.2, 0.25) is 0 Å². The summed E-state index contributed by atoms with van der Waals surface area (Å²) in [7, 11) is 0. The lowest BCUT2D eigenvalue weighted by molar-refractivity contribution is 0.217. The van der Waals surface area contributed by atoms with Crippen molar-refractivity contribution in [2.75, 3.05) is 0 Å². The molecule has 2 aromatic rings. The number of rotatable bonds is 2. The summed E-state index contributed by atoms with van der Waals surface area (Å²) in [5.74, 6) is 1.04. The van der Waals surface area contributed by atoms with E-state index in [1.54, 1.807) is 19.9 Å².